The fourth-order valence-corrected chi connectivity index (χ4v) is 4.32. The Morgan fingerprint density at radius 3 is 2.25 bits per heavy atom. The van der Waals surface area contributed by atoms with E-state index < -0.39 is 29.3 Å². The zero-order valence-electron chi connectivity index (χ0n) is 20.1. The standard InChI is InChI=1S/C26H26FN3O6/c1-34-19-13-17(14-20(35-2)25(19)36-3)22-21(23(31)16-5-7-18(27)8-6-16)24(32)26(33)30(22)11-4-10-29-12-9-28-15-29/h5-9,12-15,22,31H,4,10-11H2,1-3H3/t22-/m1/s1. The molecule has 0 radical (unpaired) electrons. The Bertz CT molecular complexity index is 1260. The van der Waals surface area contributed by atoms with Gasteiger partial charge in [-0.25, -0.2) is 9.37 Å². The van der Waals surface area contributed by atoms with Crippen LogP contribution >= 0.6 is 0 Å². The number of carbonyl (C=O) groups excluding carboxylic acids is 2. The molecule has 4 rings (SSSR count). The second-order valence-corrected chi connectivity index (χ2v) is 8.11. The number of aryl methyl sites for hydroxylation is 1. The summed E-state index contributed by atoms with van der Waals surface area (Å²) in [5, 5.41) is 11.1. The van der Waals surface area contributed by atoms with E-state index in [-0.39, 0.29) is 17.7 Å². The van der Waals surface area contributed by atoms with Crippen molar-refractivity contribution in [1.29, 1.82) is 0 Å². The lowest BCUT2D eigenvalue weighted by Gasteiger charge is -2.26. The molecule has 1 aliphatic heterocycles. The highest BCUT2D eigenvalue weighted by atomic mass is 19.1. The van der Waals surface area contributed by atoms with E-state index in [4.69, 9.17) is 14.2 Å². The summed E-state index contributed by atoms with van der Waals surface area (Å²) in [6.45, 7) is 0.799. The van der Waals surface area contributed by atoms with Gasteiger partial charge in [-0.2, -0.15) is 0 Å². The maximum absolute atomic E-state index is 13.5. The molecule has 1 amide bonds. The van der Waals surface area contributed by atoms with E-state index in [9.17, 15) is 19.1 Å². The molecule has 3 aromatic rings. The molecular weight excluding hydrogens is 469 g/mol. The molecule has 1 fully saturated rings. The number of carbonyl (C=O) groups is 2. The number of hydrogen-bond donors (Lipinski definition) is 1. The zero-order valence-corrected chi connectivity index (χ0v) is 20.1. The first-order valence-corrected chi connectivity index (χ1v) is 11.2. The Hall–Kier alpha value is -4.34. The number of halogens is 1. The van der Waals surface area contributed by atoms with Crippen LogP contribution in [-0.4, -0.2) is 59.1 Å². The molecule has 1 N–H and O–H groups in total. The first-order chi connectivity index (χ1) is 17.4. The number of likely N-dealkylation sites (tertiary alicyclic amines) is 1. The smallest absolute Gasteiger partial charge is 0.295 e. The number of hydrogen-bond acceptors (Lipinski definition) is 7. The number of rotatable bonds is 9. The average Bonchev–Trinajstić information content (AvgIpc) is 3.50. The van der Waals surface area contributed by atoms with Gasteiger partial charge in [-0.1, -0.05) is 0 Å². The third-order valence-corrected chi connectivity index (χ3v) is 6.03. The third kappa shape index (κ3) is 4.61. The third-order valence-electron chi connectivity index (χ3n) is 6.03. The number of Topliss-reactive ketones (excluding diaryl/α,β-unsaturated/α-hetero) is 1. The summed E-state index contributed by atoms with van der Waals surface area (Å²) < 4.78 is 31.7. The Kier molecular flexibility index (Phi) is 7.23. The number of imidazole rings is 1. The van der Waals surface area contributed by atoms with Crippen molar-refractivity contribution in [2.24, 2.45) is 0 Å². The Balaban J connectivity index is 1.83. The minimum atomic E-state index is -0.938. The minimum absolute atomic E-state index is 0.108. The van der Waals surface area contributed by atoms with Gasteiger partial charge in [0.15, 0.2) is 11.5 Å². The molecule has 1 saturated heterocycles. The second-order valence-electron chi connectivity index (χ2n) is 8.11. The van der Waals surface area contributed by atoms with Crippen LogP contribution < -0.4 is 14.2 Å². The summed E-state index contributed by atoms with van der Waals surface area (Å²) in [5.41, 5.74) is 0.587. The molecule has 1 aliphatic rings. The summed E-state index contributed by atoms with van der Waals surface area (Å²) in [6, 6.07) is 7.38. The van der Waals surface area contributed by atoms with Crippen LogP contribution in [0.15, 0.2) is 60.7 Å². The van der Waals surface area contributed by atoms with Crippen LogP contribution in [0.25, 0.3) is 5.76 Å². The lowest BCUT2D eigenvalue weighted by Crippen LogP contribution is -2.31. The Morgan fingerprint density at radius 2 is 1.69 bits per heavy atom. The molecular formula is C26H26FN3O6. The van der Waals surface area contributed by atoms with Crippen molar-refractivity contribution in [1.82, 2.24) is 14.5 Å². The van der Waals surface area contributed by atoms with Crippen LogP contribution in [0.3, 0.4) is 0 Å². The number of aliphatic hydroxyl groups excluding tert-OH is 1. The van der Waals surface area contributed by atoms with E-state index in [1.165, 1.54) is 50.5 Å². The van der Waals surface area contributed by atoms with Crippen LogP contribution in [0.4, 0.5) is 4.39 Å². The largest absolute Gasteiger partial charge is 0.507 e. The summed E-state index contributed by atoms with van der Waals surface area (Å²) >= 11 is 0. The predicted molar refractivity (Wildman–Crippen MR) is 128 cm³/mol. The fourth-order valence-electron chi connectivity index (χ4n) is 4.32. The van der Waals surface area contributed by atoms with Gasteiger partial charge in [-0.3, -0.25) is 9.59 Å². The normalized spacial score (nSPS) is 16.9. The maximum Gasteiger partial charge on any atom is 0.295 e. The molecule has 188 valence electrons. The lowest BCUT2D eigenvalue weighted by atomic mass is 9.94. The van der Waals surface area contributed by atoms with Gasteiger partial charge >= 0.3 is 0 Å². The quantitative estimate of drug-likeness (QED) is 0.275. The van der Waals surface area contributed by atoms with Crippen molar-refractivity contribution in [2.45, 2.75) is 19.0 Å². The molecule has 0 aliphatic carbocycles. The van der Waals surface area contributed by atoms with Gasteiger partial charge in [0.25, 0.3) is 11.7 Å². The van der Waals surface area contributed by atoms with Crippen molar-refractivity contribution in [3.8, 4) is 17.2 Å². The highest BCUT2D eigenvalue weighted by Crippen LogP contribution is 2.45. The van der Waals surface area contributed by atoms with Gasteiger partial charge in [-0.05, 0) is 48.4 Å². The van der Waals surface area contributed by atoms with Gasteiger partial charge in [0.1, 0.15) is 11.6 Å². The number of amides is 1. The predicted octanol–water partition coefficient (Wildman–Crippen LogP) is 3.56. The average molecular weight is 496 g/mol. The summed E-state index contributed by atoms with van der Waals surface area (Å²) in [5.74, 6) is -1.47. The SMILES string of the molecule is COc1cc([C@@H]2C(=C(O)c3ccc(F)cc3)C(=O)C(=O)N2CCCn2ccnc2)cc(OC)c1OC. The summed E-state index contributed by atoms with van der Waals surface area (Å²) in [7, 11) is 4.39. The van der Waals surface area contributed by atoms with Gasteiger partial charge in [0.2, 0.25) is 5.75 Å². The maximum atomic E-state index is 13.5. The first-order valence-electron chi connectivity index (χ1n) is 11.2. The van der Waals surface area contributed by atoms with Gasteiger partial charge in [-0.15, -0.1) is 0 Å². The van der Waals surface area contributed by atoms with Crippen molar-refractivity contribution in [2.75, 3.05) is 27.9 Å². The topological polar surface area (TPSA) is 103 Å². The van der Waals surface area contributed by atoms with E-state index in [0.717, 1.165) is 0 Å². The molecule has 2 aromatic carbocycles. The van der Waals surface area contributed by atoms with Crippen molar-refractivity contribution >= 4 is 17.4 Å². The van der Waals surface area contributed by atoms with Crippen molar-refractivity contribution in [3.05, 3.63) is 77.6 Å². The molecule has 10 heteroatoms. The second kappa shape index (κ2) is 10.5. The fraction of sp³-hybridized carbons (Fsp3) is 0.269. The zero-order chi connectivity index (χ0) is 25.8. The molecule has 0 spiro atoms. The minimum Gasteiger partial charge on any atom is -0.507 e. The van der Waals surface area contributed by atoms with E-state index in [0.29, 0.717) is 35.8 Å². The Morgan fingerprint density at radius 1 is 1.03 bits per heavy atom. The number of ketones is 1. The molecule has 0 unspecified atom stereocenters. The molecule has 1 atom stereocenters. The van der Waals surface area contributed by atoms with E-state index in [1.807, 2.05) is 4.57 Å². The van der Waals surface area contributed by atoms with Gasteiger partial charge in [0.05, 0.1) is 39.3 Å². The van der Waals surface area contributed by atoms with Gasteiger partial charge < -0.3 is 28.8 Å². The molecule has 36 heavy (non-hydrogen) atoms. The van der Waals surface area contributed by atoms with Crippen LogP contribution in [-0.2, 0) is 16.1 Å². The number of nitrogens with zero attached hydrogens (tertiary/aromatic N) is 3. The molecule has 0 bridgehead atoms. The first kappa shape index (κ1) is 24.8. The van der Waals surface area contributed by atoms with Crippen LogP contribution in [0, 0.1) is 5.82 Å². The molecule has 2 heterocycles. The van der Waals surface area contributed by atoms with E-state index >= 15 is 0 Å². The van der Waals surface area contributed by atoms with Crippen LogP contribution in [0.2, 0.25) is 0 Å². The monoisotopic (exact) mass is 495 g/mol. The van der Waals surface area contributed by atoms with Crippen molar-refractivity contribution < 1.29 is 33.3 Å². The summed E-state index contributed by atoms with van der Waals surface area (Å²) in [6.07, 6.45) is 5.66. The molecule has 9 nitrogen and oxygen atoms in total. The highest BCUT2D eigenvalue weighted by molar-refractivity contribution is 6.46. The molecule has 1 aromatic heterocycles. The lowest BCUT2D eigenvalue weighted by molar-refractivity contribution is -0.139. The molecule has 0 saturated carbocycles. The highest BCUT2D eigenvalue weighted by Gasteiger charge is 2.46. The number of methoxy groups -OCH3 is 3. The van der Waals surface area contributed by atoms with Crippen LogP contribution in [0.1, 0.15) is 23.6 Å². The van der Waals surface area contributed by atoms with E-state index in [2.05, 4.69) is 4.98 Å². The number of aromatic nitrogens is 2. The van der Waals surface area contributed by atoms with E-state index in [1.54, 1.807) is 30.9 Å². The van der Waals surface area contributed by atoms with Crippen molar-refractivity contribution in [3.63, 3.8) is 0 Å². The number of ether oxygens (including phenoxy) is 3. The van der Waals surface area contributed by atoms with Gasteiger partial charge in [0, 0.05) is 31.0 Å². The summed E-state index contributed by atoms with van der Waals surface area (Å²) in [4.78, 5) is 31.8. The number of benzene rings is 2. The Labute approximate surface area is 207 Å². The van der Waals surface area contributed by atoms with Crippen LogP contribution in [0.5, 0.6) is 17.2 Å². The number of aliphatic hydroxyl groups is 1.